The van der Waals surface area contributed by atoms with Crippen LogP contribution in [-0.2, 0) is 21.7 Å². The van der Waals surface area contributed by atoms with Crippen LogP contribution in [0, 0.1) is 18.3 Å². The van der Waals surface area contributed by atoms with Gasteiger partial charge in [-0.15, -0.1) is 0 Å². The molecule has 0 spiro atoms. The third-order valence-corrected chi connectivity index (χ3v) is 8.09. The van der Waals surface area contributed by atoms with Gasteiger partial charge in [0.1, 0.15) is 0 Å². The summed E-state index contributed by atoms with van der Waals surface area (Å²) >= 11 is 0. The lowest BCUT2D eigenvalue weighted by Gasteiger charge is -2.51. The molecule has 2 fully saturated rings. The molecule has 5 rings (SSSR count). The fourth-order valence-electron chi connectivity index (χ4n) is 6.60. The van der Waals surface area contributed by atoms with Crippen LogP contribution in [0.4, 0.5) is 0 Å². The first-order valence-electron chi connectivity index (χ1n) is 12.2. The van der Waals surface area contributed by atoms with Gasteiger partial charge in [-0.25, -0.2) is 0 Å². The normalized spacial score (nSPS) is 28.9. The van der Waals surface area contributed by atoms with Crippen molar-refractivity contribution >= 4 is 5.97 Å². The van der Waals surface area contributed by atoms with Crippen LogP contribution in [-0.4, -0.2) is 36.2 Å². The lowest BCUT2D eigenvalue weighted by atomic mass is 9.53. The largest absolute Gasteiger partial charge is 0.469 e. The van der Waals surface area contributed by atoms with E-state index in [4.69, 9.17) is 4.74 Å². The zero-order chi connectivity index (χ0) is 23.8. The molecule has 0 bridgehead atoms. The van der Waals surface area contributed by atoms with Gasteiger partial charge in [0, 0.05) is 31.5 Å². The molecule has 4 nitrogen and oxygen atoms in total. The van der Waals surface area contributed by atoms with E-state index in [0.29, 0.717) is 19.5 Å². The fraction of sp³-hybridized carbons (Fsp3) is 0.367. The maximum atomic E-state index is 13.8. The van der Waals surface area contributed by atoms with Crippen molar-refractivity contribution in [1.82, 2.24) is 4.90 Å². The SMILES string of the molecule is COC(=O)C12CN(Cc3ccccc3)CC1C(O)(c1cccc(C)c1)CCC2c1ccccc1. The van der Waals surface area contributed by atoms with Crippen molar-refractivity contribution in [2.45, 2.75) is 37.8 Å². The van der Waals surface area contributed by atoms with Crippen LogP contribution in [0.3, 0.4) is 0 Å². The molecule has 1 saturated heterocycles. The molecule has 1 heterocycles. The quantitative estimate of drug-likeness (QED) is 0.547. The van der Waals surface area contributed by atoms with Crippen molar-refractivity contribution in [2.24, 2.45) is 11.3 Å². The van der Waals surface area contributed by atoms with Gasteiger partial charge in [0.05, 0.1) is 18.1 Å². The number of hydrogen-bond donors (Lipinski definition) is 1. The number of benzene rings is 3. The van der Waals surface area contributed by atoms with E-state index in [1.54, 1.807) is 0 Å². The zero-order valence-electron chi connectivity index (χ0n) is 20.0. The standard InChI is InChI=1S/C30H33NO3/c1-22-10-9-15-25(18-22)30(33)17-16-26(24-13-7-4-8-14-24)29(28(32)34-2)21-31(20-27(29)30)19-23-11-5-3-6-12-23/h3-15,18,26-27,33H,16-17,19-21H2,1-2H3. The average Bonchev–Trinajstić information content (AvgIpc) is 3.26. The summed E-state index contributed by atoms with van der Waals surface area (Å²) in [7, 11) is 1.48. The Morgan fingerprint density at radius 2 is 1.74 bits per heavy atom. The van der Waals surface area contributed by atoms with E-state index in [2.05, 4.69) is 35.2 Å². The number of methoxy groups -OCH3 is 1. The number of hydrogen-bond acceptors (Lipinski definition) is 4. The van der Waals surface area contributed by atoms with Crippen LogP contribution in [0.5, 0.6) is 0 Å². The molecule has 0 amide bonds. The lowest BCUT2D eigenvalue weighted by molar-refractivity contribution is -0.173. The number of aryl methyl sites for hydroxylation is 1. The molecule has 34 heavy (non-hydrogen) atoms. The summed E-state index contributed by atoms with van der Waals surface area (Å²) in [6.07, 6.45) is 1.33. The van der Waals surface area contributed by atoms with Gasteiger partial charge in [-0.05, 0) is 36.5 Å². The summed E-state index contributed by atoms with van der Waals surface area (Å²) in [6, 6.07) is 28.8. The molecule has 4 atom stereocenters. The van der Waals surface area contributed by atoms with Crippen LogP contribution >= 0.6 is 0 Å². The van der Waals surface area contributed by atoms with Crippen molar-refractivity contribution in [1.29, 1.82) is 0 Å². The van der Waals surface area contributed by atoms with Crippen molar-refractivity contribution < 1.29 is 14.6 Å². The summed E-state index contributed by atoms with van der Waals surface area (Å²) < 4.78 is 5.52. The number of likely N-dealkylation sites (tertiary alicyclic amines) is 1. The smallest absolute Gasteiger partial charge is 0.314 e. The molecule has 0 radical (unpaired) electrons. The second-order valence-electron chi connectivity index (χ2n) is 10.0. The third kappa shape index (κ3) is 3.75. The van der Waals surface area contributed by atoms with Crippen molar-refractivity contribution in [3.8, 4) is 0 Å². The number of fused-ring (bicyclic) bond motifs is 1. The lowest BCUT2D eigenvalue weighted by Crippen LogP contribution is -2.56. The first kappa shape index (κ1) is 22.8. The van der Waals surface area contributed by atoms with Gasteiger partial charge in [-0.3, -0.25) is 9.69 Å². The molecule has 1 N–H and O–H groups in total. The summed E-state index contributed by atoms with van der Waals surface area (Å²) in [4.78, 5) is 16.1. The molecule has 2 aliphatic rings. The highest BCUT2D eigenvalue weighted by molar-refractivity contribution is 5.80. The number of esters is 1. The molecule has 4 heteroatoms. The predicted molar refractivity (Wildman–Crippen MR) is 133 cm³/mol. The van der Waals surface area contributed by atoms with Gasteiger partial charge in [-0.2, -0.15) is 0 Å². The van der Waals surface area contributed by atoms with E-state index in [0.717, 1.165) is 29.7 Å². The second kappa shape index (κ2) is 9.01. The van der Waals surface area contributed by atoms with E-state index in [1.807, 2.05) is 61.5 Å². The topological polar surface area (TPSA) is 49.8 Å². The first-order valence-corrected chi connectivity index (χ1v) is 12.2. The third-order valence-electron chi connectivity index (χ3n) is 8.09. The summed E-state index contributed by atoms with van der Waals surface area (Å²) in [5, 5.41) is 12.4. The Bertz CT molecular complexity index is 1150. The van der Waals surface area contributed by atoms with E-state index in [9.17, 15) is 9.90 Å². The minimum Gasteiger partial charge on any atom is -0.469 e. The number of carbonyl (C=O) groups excluding carboxylic acids is 1. The van der Waals surface area contributed by atoms with Gasteiger partial charge in [0.2, 0.25) is 0 Å². The molecule has 1 aliphatic heterocycles. The van der Waals surface area contributed by atoms with Crippen LogP contribution in [0.2, 0.25) is 0 Å². The molecule has 1 aliphatic carbocycles. The van der Waals surface area contributed by atoms with Crippen LogP contribution in [0.15, 0.2) is 84.9 Å². The van der Waals surface area contributed by atoms with Gasteiger partial charge in [0.25, 0.3) is 0 Å². The highest BCUT2D eigenvalue weighted by atomic mass is 16.5. The highest BCUT2D eigenvalue weighted by Gasteiger charge is 2.66. The van der Waals surface area contributed by atoms with Crippen molar-refractivity contribution in [3.63, 3.8) is 0 Å². The average molecular weight is 456 g/mol. The maximum absolute atomic E-state index is 13.8. The molecule has 1 saturated carbocycles. The fourth-order valence-corrected chi connectivity index (χ4v) is 6.60. The van der Waals surface area contributed by atoms with Crippen molar-refractivity contribution in [3.05, 3.63) is 107 Å². The molecular weight excluding hydrogens is 422 g/mol. The number of nitrogens with zero attached hydrogens (tertiary/aromatic N) is 1. The van der Waals surface area contributed by atoms with Gasteiger partial charge < -0.3 is 9.84 Å². The molecule has 176 valence electrons. The Kier molecular flexibility index (Phi) is 6.05. The van der Waals surface area contributed by atoms with Crippen LogP contribution < -0.4 is 0 Å². The summed E-state index contributed by atoms with van der Waals surface area (Å²) in [6.45, 7) is 3.98. The van der Waals surface area contributed by atoms with Crippen LogP contribution in [0.1, 0.15) is 41.0 Å². The number of rotatable bonds is 5. The molecule has 3 aromatic carbocycles. The van der Waals surface area contributed by atoms with Gasteiger partial charge in [0.15, 0.2) is 0 Å². The Hall–Kier alpha value is -2.95. The number of aliphatic hydroxyl groups is 1. The molecular formula is C30H33NO3. The van der Waals surface area contributed by atoms with Gasteiger partial charge in [-0.1, -0.05) is 90.5 Å². The number of carbonyl (C=O) groups is 1. The summed E-state index contributed by atoms with van der Waals surface area (Å²) in [5.41, 5.74) is 2.43. The van der Waals surface area contributed by atoms with Gasteiger partial charge >= 0.3 is 5.97 Å². The summed E-state index contributed by atoms with van der Waals surface area (Å²) in [5.74, 6) is -0.512. The Morgan fingerprint density at radius 3 is 2.41 bits per heavy atom. The first-order chi connectivity index (χ1) is 16.5. The van der Waals surface area contributed by atoms with E-state index in [-0.39, 0.29) is 17.8 Å². The highest BCUT2D eigenvalue weighted by Crippen LogP contribution is 2.61. The Balaban J connectivity index is 1.63. The monoisotopic (exact) mass is 455 g/mol. The molecule has 4 unspecified atom stereocenters. The predicted octanol–water partition coefficient (Wildman–Crippen LogP) is 5.05. The minimum atomic E-state index is -1.10. The van der Waals surface area contributed by atoms with Crippen molar-refractivity contribution in [2.75, 3.05) is 20.2 Å². The number of ether oxygens (including phenoxy) is 1. The maximum Gasteiger partial charge on any atom is 0.314 e. The molecule has 0 aromatic heterocycles. The zero-order valence-corrected chi connectivity index (χ0v) is 20.0. The second-order valence-corrected chi connectivity index (χ2v) is 10.0. The van der Waals surface area contributed by atoms with E-state index in [1.165, 1.54) is 12.7 Å². The Morgan fingerprint density at radius 1 is 1.03 bits per heavy atom. The Labute approximate surface area is 202 Å². The molecule has 3 aromatic rings. The van der Waals surface area contributed by atoms with E-state index < -0.39 is 11.0 Å². The van der Waals surface area contributed by atoms with E-state index >= 15 is 0 Å². The van der Waals surface area contributed by atoms with Crippen LogP contribution in [0.25, 0.3) is 0 Å². The minimum absolute atomic E-state index is 0.0167.